The maximum absolute atomic E-state index is 14.4. The summed E-state index contributed by atoms with van der Waals surface area (Å²) >= 11 is 0. The van der Waals surface area contributed by atoms with E-state index >= 15 is 0 Å². The SMILES string of the molecule is COc1c(C2C(C(=O)N[C@@H]3C[C@H]3c3cnn(C)c3)OC(C)(C(F)(F)F)C2C)ccc(F)c1F. The number of ether oxygens (including phenoxy) is 2. The van der Waals surface area contributed by atoms with Crippen LogP contribution in [0.3, 0.4) is 0 Å². The summed E-state index contributed by atoms with van der Waals surface area (Å²) in [6.45, 7) is 2.14. The van der Waals surface area contributed by atoms with Crippen molar-refractivity contribution < 1.29 is 36.2 Å². The highest BCUT2D eigenvalue weighted by atomic mass is 19.4. The number of aryl methyl sites for hydroxylation is 1. The second-order valence-corrected chi connectivity index (χ2v) is 8.85. The van der Waals surface area contributed by atoms with Gasteiger partial charge in [0.2, 0.25) is 11.7 Å². The third-order valence-corrected chi connectivity index (χ3v) is 6.84. The molecule has 4 rings (SSSR count). The molecule has 2 heterocycles. The molecule has 180 valence electrons. The monoisotopic (exact) mass is 473 g/mol. The Labute approximate surface area is 187 Å². The van der Waals surface area contributed by atoms with Gasteiger partial charge in [0.15, 0.2) is 17.2 Å². The van der Waals surface area contributed by atoms with Gasteiger partial charge in [-0.15, -0.1) is 0 Å². The van der Waals surface area contributed by atoms with E-state index in [4.69, 9.17) is 9.47 Å². The summed E-state index contributed by atoms with van der Waals surface area (Å²) in [5, 5.41) is 6.83. The molecule has 2 aliphatic rings. The van der Waals surface area contributed by atoms with E-state index in [0.717, 1.165) is 31.7 Å². The molecule has 2 aromatic rings. The lowest BCUT2D eigenvalue weighted by Gasteiger charge is -2.32. The third kappa shape index (κ3) is 3.85. The number of aromatic nitrogens is 2. The predicted molar refractivity (Wildman–Crippen MR) is 107 cm³/mol. The molecule has 1 aliphatic carbocycles. The van der Waals surface area contributed by atoms with Crippen molar-refractivity contribution in [2.24, 2.45) is 13.0 Å². The molecule has 6 nitrogen and oxygen atoms in total. The van der Waals surface area contributed by atoms with E-state index in [1.807, 2.05) is 0 Å². The van der Waals surface area contributed by atoms with Crippen molar-refractivity contribution in [2.75, 3.05) is 7.11 Å². The highest BCUT2D eigenvalue weighted by Gasteiger charge is 2.66. The molecular weight excluding hydrogens is 449 g/mol. The first-order valence-electron chi connectivity index (χ1n) is 10.4. The number of methoxy groups -OCH3 is 1. The van der Waals surface area contributed by atoms with Crippen molar-refractivity contribution in [1.82, 2.24) is 15.1 Å². The van der Waals surface area contributed by atoms with Crippen LogP contribution in [0.4, 0.5) is 22.0 Å². The van der Waals surface area contributed by atoms with Crippen LogP contribution in [0.15, 0.2) is 24.5 Å². The quantitative estimate of drug-likeness (QED) is 0.671. The molecule has 4 unspecified atom stereocenters. The molecule has 0 bridgehead atoms. The number of amides is 1. The maximum Gasteiger partial charge on any atom is 0.417 e. The summed E-state index contributed by atoms with van der Waals surface area (Å²) in [7, 11) is 2.84. The molecule has 11 heteroatoms. The standard InChI is InChI=1S/C22H24F5N3O3/c1-10-16(12-5-6-14(23)17(24)18(12)32-4)19(33-21(10,2)22(25,26)27)20(31)29-15-7-13(15)11-8-28-30(3)9-11/h5-6,8-10,13,15-16,19H,7H2,1-4H3,(H,29,31)/t10?,13-,15+,16?,19?,21?/m0/s1. The van der Waals surface area contributed by atoms with Gasteiger partial charge >= 0.3 is 6.18 Å². The van der Waals surface area contributed by atoms with Crippen molar-refractivity contribution in [1.29, 1.82) is 0 Å². The first kappa shape index (κ1) is 23.5. The van der Waals surface area contributed by atoms with Gasteiger partial charge in [-0.05, 0) is 25.0 Å². The number of rotatable bonds is 5. The van der Waals surface area contributed by atoms with Crippen LogP contribution in [0.2, 0.25) is 0 Å². The number of benzene rings is 1. The van der Waals surface area contributed by atoms with Crippen LogP contribution in [0, 0.1) is 17.6 Å². The molecular formula is C22H24F5N3O3. The summed E-state index contributed by atoms with van der Waals surface area (Å²) < 4.78 is 82.0. The Bertz CT molecular complexity index is 1070. The minimum absolute atomic E-state index is 0.00766. The fourth-order valence-electron chi connectivity index (χ4n) is 4.66. The Hall–Kier alpha value is -2.69. The van der Waals surface area contributed by atoms with E-state index in [9.17, 15) is 26.7 Å². The van der Waals surface area contributed by atoms with Gasteiger partial charge in [-0.2, -0.15) is 22.7 Å². The van der Waals surface area contributed by atoms with Gasteiger partial charge in [0.1, 0.15) is 6.10 Å². The summed E-state index contributed by atoms with van der Waals surface area (Å²) in [6, 6.07) is 1.66. The van der Waals surface area contributed by atoms with E-state index in [1.54, 1.807) is 24.1 Å². The lowest BCUT2D eigenvalue weighted by Crippen LogP contribution is -2.47. The molecule has 1 aromatic heterocycles. The van der Waals surface area contributed by atoms with Crippen LogP contribution in [-0.4, -0.2) is 46.7 Å². The highest BCUT2D eigenvalue weighted by Crippen LogP contribution is 2.55. The van der Waals surface area contributed by atoms with Crippen molar-refractivity contribution >= 4 is 5.91 Å². The van der Waals surface area contributed by atoms with Crippen molar-refractivity contribution in [2.45, 2.75) is 56.0 Å². The lowest BCUT2D eigenvalue weighted by molar-refractivity contribution is -0.272. The maximum atomic E-state index is 14.4. The van der Waals surface area contributed by atoms with Gasteiger partial charge < -0.3 is 14.8 Å². The average molecular weight is 473 g/mol. The Morgan fingerprint density at radius 3 is 2.61 bits per heavy atom. The summed E-state index contributed by atoms with van der Waals surface area (Å²) in [5.41, 5.74) is -1.83. The van der Waals surface area contributed by atoms with E-state index in [0.29, 0.717) is 6.42 Å². The molecule has 1 saturated carbocycles. The van der Waals surface area contributed by atoms with Gasteiger partial charge in [0, 0.05) is 42.6 Å². The normalized spacial score (nSPS) is 31.5. The van der Waals surface area contributed by atoms with Crippen LogP contribution < -0.4 is 10.1 Å². The minimum atomic E-state index is -4.80. The molecule has 6 atom stereocenters. The molecule has 1 saturated heterocycles. The molecule has 2 fully saturated rings. The van der Waals surface area contributed by atoms with E-state index < -0.39 is 53.0 Å². The largest absolute Gasteiger partial charge is 0.493 e. The smallest absolute Gasteiger partial charge is 0.417 e. The highest BCUT2D eigenvalue weighted by molar-refractivity contribution is 5.83. The minimum Gasteiger partial charge on any atom is -0.493 e. The van der Waals surface area contributed by atoms with E-state index in [2.05, 4.69) is 10.4 Å². The Balaban J connectivity index is 1.66. The third-order valence-electron chi connectivity index (χ3n) is 6.84. The van der Waals surface area contributed by atoms with Crippen molar-refractivity contribution in [3.63, 3.8) is 0 Å². The second-order valence-electron chi connectivity index (χ2n) is 8.85. The summed E-state index contributed by atoms with van der Waals surface area (Å²) in [5.74, 6) is -6.36. The number of carbonyl (C=O) groups excluding carboxylic acids is 1. The van der Waals surface area contributed by atoms with Gasteiger partial charge in [0.05, 0.1) is 13.3 Å². The zero-order valence-corrected chi connectivity index (χ0v) is 18.4. The number of hydrogen-bond acceptors (Lipinski definition) is 4. The zero-order chi connectivity index (χ0) is 24.3. The number of hydrogen-bond donors (Lipinski definition) is 1. The van der Waals surface area contributed by atoms with Crippen LogP contribution in [-0.2, 0) is 16.6 Å². The van der Waals surface area contributed by atoms with Gasteiger partial charge in [-0.1, -0.05) is 13.0 Å². The first-order valence-corrected chi connectivity index (χ1v) is 10.4. The Morgan fingerprint density at radius 1 is 1.33 bits per heavy atom. The first-order chi connectivity index (χ1) is 15.4. The predicted octanol–water partition coefficient (Wildman–Crippen LogP) is 3.82. The molecule has 1 aliphatic heterocycles. The number of nitrogens with one attached hydrogen (secondary N) is 1. The second kappa shape index (κ2) is 7.96. The van der Waals surface area contributed by atoms with Gasteiger partial charge in [-0.3, -0.25) is 9.48 Å². The molecule has 0 radical (unpaired) electrons. The summed E-state index contributed by atoms with van der Waals surface area (Å²) in [4.78, 5) is 13.1. The van der Waals surface area contributed by atoms with Gasteiger partial charge in [-0.25, -0.2) is 4.39 Å². The zero-order valence-electron chi connectivity index (χ0n) is 18.4. The fraction of sp³-hybridized carbons (Fsp3) is 0.545. The van der Waals surface area contributed by atoms with Crippen molar-refractivity contribution in [3.8, 4) is 5.75 Å². The Morgan fingerprint density at radius 2 is 2.03 bits per heavy atom. The molecule has 1 amide bonds. The van der Waals surface area contributed by atoms with Crippen LogP contribution in [0.1, 0.15) is 43.2 Å². The number of nitrogens with zero attached hydrogens (tertiary/aromatic N) is 2. The van der Waals surface area contributed by atoms with Crippen LogP contribution in [0.5, 0.6) is 5.75 Å². The molecule has 0 spiro atoms. The van der Waals surface area contributed by atoms with Crippen molar-refractivity contribution in [3.05, 3.63) is 47.3 Å². The number of alkyl halides is 3. The lowest BCUT2D eigenvalue weighted by atomic mass is 9.77. The molecule has 33 heavy (non-hydrogen) atoms. The molecule has 1 N–H and O–H groups in total. The Kier molecular flexibility index (Phi) is 5.66. The van der Waals surface area contributed by atoms with Gasteiger partial charge in [0.25, 0.3) is 0 Å². The van der Waals surface area contributed by atoms with E-state index in [-0.39, 0.29) is 17.5 Å². The number of halogens is 5. The fourth-order valence-corrected chi connectivity index (χ4v) is 4.66. The summed E-state index contributed by atoms with van der Waals surface area (Å²) in [6.07, 6.45) is -2.31. The average Bonchev–Trinajstić information content (AvgIpc) is 3.26. The molecule has 1 aromatic carbocycles. The number of carbonyl (C=O) groups is 1. The van der Waals surface area contributed by atoms with Crippen LogP contribution >= 0.6 is 0 Å². The van der Waals surface area contributed by atoms with E-state index in [1.165, 1.54) is 6.92 Å². The van der Waals surface area contributed by atoms with Crippen LogP contribution in [0.25, 0.3) is 0 Å². The topological polar surface area (TPSA) is 65.4 Å².